The van der Waals surface area contributed by atoms with Crippen molar-refractivity contribution in [2.75, 3.05) is 25.2 Å². The van der Waals surface area contributed by atoms with E-state index in [9.17, 15) is 0 Å². The van der Waals surface area contributed by atoms with Gasteiger partial charge in [-0.2, -0.15) is 0 Å². The highest BCUT2D eigenvalue weighted by Gasteiger charge is 2.15. The Kier molecular flexibility index (Phi) is 6.89. The highest BCUT2D eigenvalue weighted by Crippen LogP contribution is 2.22. The molecule has 1 aromatic carbocycles. The summed E-state index contributed by atoms with van der Waals surface area (Å²) in [5.74, 6) is 0. The zero-order chi connectivity index (χ0) is 14.3. The summed E-state index contributed by atoms with van der Waals surface area (Å²) < 4.78 is 5.23. The van der Waals surface area contributed by atoms with Gasteiger partial charge in [0.25, 0.3) is 0 Å². The van der Waals surface area contributed by atoms with E-state index in [1.165, 1.54) is 11.3 Å². The third kappa shape index (κ3) is 4.51. The summed E-state index contributed by atoms with van der Waals surface area (Å²) in [6.07, 6.45) is 2.30. The van der Waals surface area contributed by atoms with Crippen LogP contribution in [0.5, 0.6) is 0 Å². The van der Waals surface area contributed by atoms with Gasteiger partial charge in [-0.15, -0.1) is 0 Å². The van der Waals surface area contributed by atoms with Crippen molar-refractivity contribution in [2.45, 2.75) is 45.7 Å². The van der Waals surface area contributed by atoms with Crippen molar-refractivity contribution in [1.29, 1.82) is 0 Å². The molecule has 0 aliphatic heterocycles. The van der Waals surface area contributed by atoms with Gasteiger partial charge in [0.05, 0.1) is 6.61 Å². The van der Waals surface area contributed by atoms with Crippen molar-refractivity contribution in [1.82, 2.24) is 0 Å². The molecule has 1 rings (SSSR count). The van der Waals surface area contributed by atoms with E-state index < -0.39 is 0 Å². The lowest BCUT2D eigenvalue weighted by atomic mass is 10.1. The van der Waals surface area contributed by atoms with E-state index in [2.05, 4.69) is 43.0 Å². The first-order chi connectivity index (χ1) is 9.13. The Morgan fingerprint density at radius 1 is 1.16 bits per heavy atom. The third-order valence-electron chi connectivity index (χ3n) is 3.67. The molecule has 19 heavy (non-hydrogen) atoms. The highest BCUT2D eigenvalue weighted by molar-refractivity contribution is 5.49. The Morgan fingerprint density at radius 2 is 1.74 bits per heavy atom. The fourth-order valence-corrected chi connectivity index (χ4v) is 2.41. The molecular formula is C16H28N2O. The van der Waals surface area contributed by atoms with Crippen LogP contribution in [0.15, 0.2) is 24.3 Å². The van der Waals surface area contributed by atoms with Crippen molar-refractivity contribution in [3.05, 3.63) is 29.8 Å². The monoisotopic (exact) mass is 264 g/mol. The topological polar surface area (TPSA) is 38.5 Å². The molecular weight excluding hydrogens is 236 g/mol. The van der Waals surface area contributed by atoms with Gasteiger partial charge in [0.15, 0.2) is 0 Å². The van der Waals surface area contributed by atoms with E-state index in [1.54, 1.807) is 7.11 Å². The summed E-state index contributed by atoms with van der Waals surface area (Å²) in [6.45, 7) is 8.18. The van der Waals surface area contributed by atoms with Gasteiger partial charge in [-0.25, -0.2) is 0 Å². The number of nitrogens with two attached hydrogens (primary N) is 1. The Bertz CT molecular complexity index is 344. The van der Waals surface area contributed by atoms with E-state index >= 15 is 0 Å². The average Bonchev–Trinajstić information content (AvgIpc) is 2.43. The van der Waals surface area contributed by atoms with E-state index in [1.807, 2.05) is 6.92 Å². The molecule has 0 bridgehead atoms. The second-order valence-electron chi connectivity index (χ2n) is 5.04. The minimum atomic E-state index is 0.0922. The van der Waals surface area contributed by atoms with Crippen molar-refractivity contribution >= 4 is 5.69 Å². The zero-order valence-electron chi connectivity index (χ0n) is 12.7. The maximum atomic E-state index is 5.90. The molecule has 1 atom stereocenters. The minimum absolute atomic E-state index is 0.0922. The summed E-state index contributed by atoms with van der Waals surface area (Å²) in [7, 11) is 1.75. The van der Waals surface area contributed by atoms with E-state index in [-0.39, 0.29) is 6.04 Å². The largest absolute Gasteiger partial charge is 0.383 e. The molecule has 0 saturated carbocycles. The van der Waals surface area contributed by atoms with Gasteiger partial charge in [0, 0.05) is 31.4 Å². The van der Waals surface area contributed by atoms with Crippen LogP contribution in [0.1, 0.15) is 45.2 Å². The molecule has 0 heterocycles. The molecule has 0 radical (unpaired) electrons. The molecule has 0 aliphatic carbocycles. The van der Waals surface area contributed by atoms with Gasteiger partial charge in [0.2, 0.25) is 0 Å². The number of hydrogen-bond acceptors (Lipinski definition) is 3. The first kappa shape index (κ1) is 16.0. The molecule has 3 nitrogen and oxygen atoms in total. The molecule has 0 aliphatic rings. The van der Waals surface area contributed by atoms with Gasteiger partial charge in [-0.05, 0) is 37.5 Å². The lowest BCUT2D eigenvalue weighted by molar-refractivity contribution is 0.202. The van der Waals surface area contributed by atoms with Crippen LogP contribution in [0.25, 0.3) is 0 Å². The van der Waals surface area contributed by atoms with Crippen LogP contribution in [0.4, 0.5) is 5.69 Å². The lowest BCUT2D eigenvalue weighted by Crippen LogP contribution is -2.37. The second-order valence-corrected chi connectivity index (χ2v) is 5.04. The number of anilines is 1. The molecule has 0 unspecified atom stereocenters. The number of benzene rings is 1. The molecule has 2 N–H and O–H groups in total. The van der Waals surface area contributed by atoms with Crippen molar-refractivity contribution in [3.8, 4) is 0 Å². The third-order valence-corrected chi connectivity index (χ3v) is 3.67. The van der Waals surface area contributed by atoms with Crippen LogP contribution < -0.4 is 10.6 Å². The SMILES string of the molecule is CCC(CC)N(CCOC)c1ccc([C@H](C)N)cc1. The van der Waals surface area contributed by atoms with Gasteiger partial charge in [-0.3, -0.25) is 0 Å². The number of nitrogens with zero attached hydrogens (tertiary/aromatic N) is 1. The predicted octanol–water partition coefficient (Wildman–Crippen LogP) is 3.35. The van der Waals surface area contributed by atoms with Crippen molar-refractivity contribution < 1.29 is 4.74 Å². The van der Waals surface area contributed by atoms with Gasteiger partial charge in [0.1, 0.15) is 0 Å². The second kappa shape index (κ2) is 8.18. The Balaban J connectivity index is 2.89. The van der Waals surface area contributed by atoms with Crippen LogP contribution >= 0.6 is 0 Å². The van der Waals surface area contributed by atoms with Crippen LogP contribution in [-0.4, -0.2) is 26.3 Å². The number of hydrogen-bond donors (Lipinski definition) is 1. The van der Waals surface area contributed by atoms with Crippen molar-refractivity contribution in [3.63, 3.8) is 0 Å². The zero-order valence-corrected chi connectivity index (χ0v) is 12.7. The standard InChI is InChI=1S/C16H28N2O/c1-5-15(6-2)18(11-12-19-4)16-9-7-14(8-10-16)13(3)17/h7-10,13,15H,5-6,11-12,17H2,1-4H3/t13-/m0/s1. The lowest BCUT2D eigenvalue weighted by Gasteiger charge is -2.32. The first-order valence-electron chi connectivity index (χ1n) is 7.25. The summed E-state index contributed by atoms with van der Waals surface area (Å²) in [4.78, 5) is 2.44. The fourth-order valence-electron chi connectivity index (χ4n) is 2.41. The smallest absolute Gasteiger partial charge is 0.0637 e. The van der Waals surface area contributed by atoms with Gasteiger partial charge in [-0.1, -0.05) is 26.0 Å². The molecule has 0 fully saturated rings. The summed E-state index contributed by atoms with van der Waals surface area (Å²) in [5, 5.41) is 0. The summed E-state index contributed by atoms with van der Waals surface area (Å²) in [6, 6.07) is 9.26. The van der Waals surface area contributed by atoms with Crippen LogP contribution in [-0.2, 0) is 4.74 Å². The normalized spacial score (nSPS) is 12.7. The average molecular weight is 264 g/mol. The van der Waals surface area contributed by atoms with Gasteiger partial charge >= 0.3 is 0 Å². The highest BCUT2D eigenvalue weighted by atomic mass is 16.5. The molecule has 3 heteroatoms. The molecule has 0 amide bonds. The minimum Gasteiger partial charge on any atom is -0.383 e. The van der Waals surface area contributed by atoms with Crippen LogP contribution in [0, 0.1) is 0 Å². The maximum absolute atomic E-state index is 5.90. The molecule has 0 saturated heterocycles. The molecule has 1 aromatic rings. The summed E-state index contributed by atoms with van der Waals surface area (Å²) >= 11 is 0. The summed E-state index contributed by atoms with van der Waals surface area (Å²) in [5.41, 5.74) is 8.34. The Morgan fingerprint density at radius 3 is 2.16 bits per heavy atom. The van der Waals surface area contributed by atoms with E-state index in [0.29, 0.717) is 6.04 Å². The predicted molar refractivity (Wildman–Crippen MR) is 82.6 cm³/mol. The quantitative estimate of drug-likeness (QED) is 0.782. The first-order valence-corrected chi connectivity index (χ1v) is 7.25. The Labute approximate surface area is 117 Å². The maximum Gasteiger partial charge on any atom is 0.0637 e. The number of methoxy groups -OCH3 is 1. The molecule has 0 aromatic heterocycles. The number of ether oxygens (including phenoxy) is 1. The molecule has 108 valence electrons. The Hall–Kier alpha value is -1.06. The van der Waals surface area contributed by atoms with Crippen LogP contribution in [0.3, 0.4) is 0 Å². The van der Waals surface area contributed by atoms with E-state index in [0.717, 1.165) is 26.0 Å². The number of rotatable bonds is 8. The van der Waals surface area contributed by atoms with Crippen molar-refractivity contribution in [2.24, 2.45) is 5.73 Å². The molecule has 0 spiro atoms. The van der Waals surface area contributed by atoms with Crippen LogP contribution in [0.2, 0.25) is 0 Å². The van der Waals surface area contributed by atoms with E-state index in [4.69, 9.17) is 10.5 Å². The fraction of sp³-hybridized carbons (Fsp3) is 0.625. The van der Waals surface area contributed by atoms with Gasteiger partial charge < -0.3 is 15.4 Å².